The lowest BCUT2D eigenvalue weighted by Crippen LogP contribution is -2.36. The number of amides is 1. The zero-order valence-electron chi connectivity index (χ0n) is 11.6. The second-order valence-corrected chi connectivity index (χ2v) is 5.75. The topological polar surface area (TPSA) is 47.6 Å². The Bertz CT molecular complexity index is 471. The van der Waals surface area contributed by atoms with Gasteiger partial charge in [0.2, 0.25) is 5.91 Å². The molecule has 3 rings (SSSR count). The number of ether oxygens (including phenoxy) is 2. The van der Waals surface area contributed by atoms with Crippen molar-refractivity contribution >= 4 is 5.91 Å². The van der Waals surface area contributed by atoms with E-state index < -0.39 is 0 Å². The van der Waals surface area contributed by atoms with Crippen LogP contribution in [0.2, 0.25) is 0 Å². The largest absolute Gasteiger partial charge is 0.493 e. The molecule has 0 saturated heterocycles. The maximum atomic E-state index is 11.7. The van der Waals surface area contributed by atoms with Crippen LogP contribution in [0.5, 0.6) is 5.75 Å². The standard InChI is InChI=1S/C16H21NO3/c18-16(11-19-9-12-5-6-12)17-8-13-7-14-3-1-2-4-15(14)20-10-13/h1-4,12-13H,5-11H2,(H,17,18). The highest BCUT2D eigenvalue weighted by Crippen LogP contribution is 2.28. The molecular weight excluding hydrogens is 254 g/mol. The summed E-state index contributed by atoms with van der Waals surface area (Å²) < 4.78 is 11.1. The van der Waals surface area contributed by atoms with Crippen molar-refractivity contribution in [3.05, 3.63) is 29.8 Å². The Kier molecular flexibility index (Phi) is 4.21. The predicted octanol–water partition coefficient (Wildman–Crippen LogP) is 1.78. The van der Waals surface area contributed by atoms with Crippen molar-refractivity contribution < 1.29 is 14.3 Å². The van der Waals surface area contributed by atoms with Gasteiger partial charge in [-0.25, -0.2) is 0 Å². The summed E-state index contributed by atoms with van der Waals surface area (Å²) in [5, 5.41) is 2.93. The Balaban J connectivity index is 1.37. The molecule has 1 fully saturated rings. The van der Waals surface area contributed by atoms with E-state index in [-0.39, 0.29) is 12.5 Å². The van der Waals surface area contributed by atoms with Gasteiger partial charge in [-0.3, -0.25) is 4.79 Å². The van der Waals surface area contributed by atoms with E-state index in [0.29, 0.717) is 25.0 Å². The van der Waals surface area contributed by atoms with Crippen molar-refractivity contribution in [3.63, 3.8) is 0 Å². The maximum Gasteiger partial charge on any atom is 0.246 e. The van der Waals surface area contributed by atoms with Crippen LogP contribution in [0.3, 0.4) is 0 Å². The van der Waals surface area contributed by atoms with E-state index in [1.807, 2.05) is 18.2 Å². The lowest BCUT2D eigenvalue weighted by Gasteiger charge is -2.25. The maximum absolute atomic E-state index is 11.7. The quantitative estimate of drug-likeness (QED) is 0.861. The van der Waals surface area contributed by atoms with E-state index in [4.69, 9.17) is 9.47 Å². The first kappa shape index (κ1) is 13.4. The number of nitrogens with one attached hydrogen (secondary N) is 1. The van der Waals surface area contributed by atoms with Gasteiger partial charge in [-0.2, -0.15) is 0 Å². The average Bonchev–Trinajstić information content (AvgIpc) is 3.29. The monoisotopic (exact) mass is 275 g/mol. The number of carbonyl (C=O) groups excluding carboxylic acids is 1. The molecule has 1 N–H and O–H groups in total. The van der Waals surface area contributed by atoms with E-state index in [1.54, 1.807) is 0 Å². The molecule has 20 heavy (non-hydrogen) atoms. The molecule has 0 aromatic heterocycles. The highest BCUT2D eigenvalue weighted by atomic mass is 16.5. The number of carbonyl (C=O) groups is 1. The summed E-state index contributed by atoms with van der Waals surface area (Å²) in [6, 6.07) is 8.09. The average molecular weight is 275 g/mol. The Morgan fingerprint density at radius 3 is 3.00 bits per heavy atom. The molecule has 0 bridgehead atoms. The van der Waals surface area contributed by atoms with Gasteiger partial charge in [-0.15, -0.1) is 0 Å². The minimum absolute atomic E-state index is 0.0236. The second-order valence-electron chi connectivity index (χ2n) is 5.75. The van der Waals surface area contributed by atoms with Gasteiger partial charge in [0.05, 0.1) is 13.2 Å². The number of hydrogen-bond acceptors (Lipinski definition) is 3. The molecule has 1 amide bonds. The van der Waals surface area contributed by atoms with Gasteiger partial charge in [0.1, 0.15) is 12.4 Å². The van der Waals surface area contributed by atoms with Crippen LogP contribution in [0.25, 0.3) is 0 Å². The first-order chi connectivity index (χ1) is 9.81. The van der Waals surface area contributed by atoms with E-state index in [1.165, 1.54) is 18.4 Å². The minimum atomic E-state index is -0.0236. The molecule has 1 aliphatic heterocycles. The fourth-order valence-electron chi connectivity index (χ4n) is 2.43. The van der Waals surface area contributed by atoms with Crippen molar-refractivity contribution in [2.24, 2.45) is 11.8 Å². The SMILES string of the molecule is O=C(COCC1CC1)NCC1COc2ccccc2C1. The van der Waals surface area contributed by atoms with Crippen LogP contribution < -0.4 is 10.1 Å². The highest BCUT2D eigenvalue weighted by Gasteiger charge is 2.22. The molecule has 4 heteroatoms. The Morgan fingerprint density at radius 1 is 1.30 bits per heavy atom. The summed E-state index contributed by atoms with van der Waals surface area (Å²) in [5.41, 5.74) is 1.22. The van der Waals surface area contributed by atoms with Crippen LogP contribution in [0.4, 0.5) is 0 Å². The molecule has 0 radical (unpaired) electrons. The second kappa shape index (κ2) is 6.27. The molecule has 1 unspecified atom stereocenters. The summed E-state index contributed by atoms with van der Waals surface area (Å²) in [5.74, 6) is 2.00. The molecule has 1 aromatic rings. The fraction of sp³-hybridized carbons (Fsp3) is 0.562. The normalized spacial score (nSPS) is 20.9. The molecular formula is C16H21NO3. The zero-order valence-corrected chi connectivity index (χ0v) is 11.6. The molecule has 4 nitrogen and oxygen atoms in total. The molecule has 1 aliphatic carbocycles. The summed E-state index contributed by atoms with van der Waals surface area (Å²) in [6.45, 7) is 2.23. The Labute approximate surface area is 119 Å². The van der Waals surface area contributed by atoms with Crippen molar-refractivity contribution in [2.45, 2.75) is 19.3 Å². The van der Waals surface area contributed by atoms with Crippen LogP contribution in [0, 0.1) is 11.8 Å². The molecule has 2 aliphatic rings. The van der Waals surface area contributed by atoms with E-state index in [0.717, 1.165) is 18.8 Å². The van der Waals surface area contributed by atoms with Crippen LogP contribution in [-0.2, 0) is 16.0 Å². The third-order valence-electron chi connectivity index (χ3n) is 3.83. The van der Waals surface area contributed by atoms with Crippen molar-refractivity contribution in [2.75, 3.05) is 26.4 Å². The number of benzene rings is 1. The van der Waals surface area contributed by atoms with Crippen LogP contribution >= 0.6 is 0 Å². The van der Waals surface area contributed by atoms with E-state index in [9.17, 15) is 4.79 Å². The van der Waals surface area contributed by atoms with Gasteiger partial charge in [0.25, 0.3) is 0 Å². The fourth-order valence-corrected chi connectivity index (χ4v) is 2.43. The molecule has 1 atom stereocenters. The van der Waals surface area contributed by atoms with Crippen LogP contribution in [0.1, 0.15) is 18.4 Å². The molecule has 1 aromatic carbocycles. The predicted molar refractivity (Wildman–Crippen MR) is 75.7 cm³/mol. The van der Waals surface area contributed by atoms with Gasteiger partial charge >= 0.3 is 0 Å². The summed E-state index contributed by atoms with van der Waals surface area (Å²) >= 11 is 0. The smallest absolute Gasteiger partial charge is 0.246 e. The molecule has 1 saturated carbocycles. The highest BCUT2D eigenvalue weighted by molar-refractivity contribution is 5.77. The number of para-hydroxylation sites is 1. The van der Waals surface area contributed by atoms with Crippen molar-refractivity contribution in [3.8, 4) is 5.75 Å². The van der Waals surface area contributed by atoms with Gasteiger partial charge in [-0.1, -0.05) is 18.2 Å². The van der Waals surface area contributed by atoms with Crippen molar-refractivity contribution in [1.29, 1.82) is 0 Å². The molecule has 108 valence electrons. The third kappa shape index (κ3) is 3.73. The van der Waals surface area contributed by atoms with Gasteiger partial charge in [-0.05, 0) is 36.8 Å². The molecule has 0 spiro atoms. The third-order valence-corrected chi connectivity index (χ3v) is 3.83. The van der Waals surface area contributed by atoms with Crippen LogP contribution in [-0.4, -0.2) is 32.3 Å². The van der Waals surface area contributed by atoms with Crippen LogP contribution in [0.15, 0.2) is 24.3 Å². The van der Waals surface area contributed by atoms with E-state index in [2.05, 4.69) is 11.4 Å². The lowest BCUT2D eigenvalue weighted by atomic mass is 9.97. The lowest BCUT2D eigenvalue weighted by molar-refractivity contribution is -0.126. The van der Waals surface area contributed by atoms with E-state index >= 15 is 0 Å². The zero-order chi connectivity index (χ0) is 13.8. The molecule has 1 heterocycles. The number of fused-ring (bicyclic) bond motifs is 1. The number of rotatable bonds is 6. The first-order valence-corrected chi connectivity index (χ1v) is 7.36. The minimum Gasteiger partial charge on any atom is -0.493 e. The Hall–Kier alpha value is -1.55. The summed E-state index contributed by atoms with van der Waals surface area (Å²) in [4.78, 5) is 11.7. The van der Waals surface area contributed by atoms with Crippen molar-refractivity contribution in [1.82, 2.24) is 5.32 Å². The number of hydrogen-bond donors (Lipinski definition) is 1. The summed E-state index contributed by atoms with van der Waals surface area (Å²) in [7, 11) is 0. The Morgan fingerprint density at radius 2 is 2.15 bits per heavy atom. The van der Waals surface area contributed by atoms with Gasteiger partial charge < -0.3 is 14.8 Å². The van der Waals surface area contributed by atoms with Gasteiger partial charge in [0, 0.05) is 12.5 Å². The van der Waals surface area contributed by atoms with Gasteiger partial charge in [0.15, 0.2) is 0 Å². The summed E-state index contributed by atoms with van der Waals surface area (Å²) in [6.07, 6.45) is 3.46. The first-order valence-electron chi connectivity index (χ1n) is 7.36.